The van der Waals surface area contributed by atoms with Gasteiger partial charge in [-0.3, -0.25) is 4.79 Å². The minimum atomic E-state index is -0.606. The Morgan fingerprint density at radius 3 is 2.67 bits per heavy atom. The molecule has 0 aliphatic heterocycles. The molecular formula is C14H15NO2S. The predicted octanol–water partition coefficient (Wildman–Crippen LogP) is 3.36. The van der Waals surface area contributed by atoms with E-state index in [-0.39, 0.29) is 5.91 Å². The quantitative estimate of drug-likeness (QED) is 0.890. The first-order valence-corrected chi connectivity index (χ1v) is 6.60. The van der Waals surface area contributed by atoms with Gasteiger partial charge in [0.05, 0.1) is 11.0 Å². The number of aliphatic hydroxyl groups excluding tert-OH is 1. The van der Waals surface area contributed by atoms with Gasteiger partial charge in [-0.15, -0.1) is 11.3 Å². The second kappa shape index (κ2) is 5.33. The Balaban J connectivity index is 2.25. The van der Waals surface area contributed by atoms with Gasteiger partial charge in [-0.25, -0.2) is 0 Å². The minimum absolute atomic E-state index is 0.129. The van der Waals surface area contributed by atoms with E-state index in [1.165, 1.54) is 11.3 Å². The number of carbonyl (C=O) groups excluding carboxylic acids is 1. The fraction of sp³-hybridized carbons (Fsp3) is 0.214. The number of anilines is 1. The van der Waals surface area contributed by atoms with Crippen molar-refractivity contribution in [3.8, 4) is 0 Å². The molecule has 0 aliphatic rings. The van der Waals surface area contributed by atoms with Gasteiger partial charge in [0.25, 0.3) is 5.91 Å². The molecule has 0 fully saturated rings. The van der Waals surface area contributed by atoms with Crippen LogP contribution in [-0.2, 0) is 0 Å². The summed E-state index contributed by atoms with van der Waals surface area (Å²) in [6.07, 6.45) is -0.606. The fourth-order valence-corrected chi connectivity index (χ4v) is 2.58. The molecule has 0 saturated carbocycles. The number of aryl methyl sites for hydroxylation is 1. The molecule has 0 radical (unpaired) electrons. The lowest BCUT2D eigenvalue weighted by Gasteiger charge is -2.12. The van der Waals surface area contributed by atoms with Crippen molar-refractivity contribution in [3.63, 3.8) is 0 Å². The maximum atomic E-state index is 12.1. The van der Waals surface area contributed by atoms with Gasteiger partial charge in [-0.2, -0.15) is 0 Å². The zero-order chi connectivity index (χ0) is 13.1. The summed E-state index contributed by atoms with van der Waals surface area (Å²) in [5, 5.41) is 14.4. The predicted molar refractivity (Wildman–Crippen MR) is 74.1 cm³/mol. The number of rotatable bonds is 3. The van der Waals surface area contributed by atoms with E-state index >= 15 is 0 Å². The van der Waals surface area contributed by atoms with Crippen LogP contribution in [0.2, 0.25) is 0 Å². The number of carbonyl (C=O) groups is 1. The second-order valence-electron chi connectivity index (χ2n) is 4.15. The van der Waals surface area contributed by atoms with Crippen LogP contribution in [-0.4, -0.2) is 11.0 Å². The maximum absolute atomic E-state index is 12.1. The molecule has 1 aromatic heterocycles. The van der Waals surface area contributed by atoms with Crippen molar-refractivity contribution in [2.24, 2.45) is 0 Å². The summed E-state index contributed by atoms with van der Waals surface area (Å²) in [6, 6.07) is 9.20. The van der Waals surface area contributed by atoms with Crippen LogP contribution in [0.1, 0.15) is 33.8 Å². The average molecular weight is 261 g/mol. The Bertz CT molecular complexity index is 560. The number of thiophene rings is 1. The first-order valence-electron chi connectivity index (χ1n) is 5.72. The molecule has 1 aromatic carbocycles. The molecule has 0 aliphatic carbocycles. The lowest BCUT2D eigenvalue weighted by Crippen LogP contribution is -2.13. The highest BCUT2D eigenvalue weighted by molar-refractivity contribution is 7.12. The molecule has 0 spiro atoms. The largest absolute Gasteiger partial charge is 0.389 e. The first-order chi connectivity index (χ1) is 8.59. The Kier molecular flexibility index (Phi) is 3.79. The van der Waals surface area contributed by atoms with Crippen LogP contribution in [0.3, 0.4) is 0 Å². The van der Waals surface area contributed by atoms with Gasteiger partial charge in [-0.1, -0.05) is 18.2 Å². The first kappa shape index (κ1) is 12.8. The topological polar surface area (TPSA) is 49.3 Å². The highest BCUT2D eigenvalue weighted by atomic mass is 32.1. The number of benzene rings is 1. The summed E-state index contributed by atoms with van der Waals surface area (Å²) in [4.78, 5) is 12.8. The van der Waals surface area contributed by atoms with Crippen molar-refractivity contribution in [1.29, 1.82) is 0 Å². The van der Waals surface area contributed by atoms with Gasteiger partial charge in [0.15, 0.2) is 0 Å². The number of amides is 1. The average Bonchev–Trinajstić information content (AvgIpc) is 2.76. The number of hydrogen-bond donors (Lipinski definition) is 2. The third-order valence-corrected chi connectivity index (χ3v) is 3.74. The number of aliphatic hydroxyl groups is 1. The lowest BCUT2D eigenvalue weighted by molar-refractivity contribution is 0.102. The van der Waals surface area contributed by atoms with E-state index in [0.29, 0.717) is 10.6 Å². The second-order valence-corrected chi connectivity index (χ2v) is 5.07. The van der Waals surface area contributed by atoms with Crippen LogP contribution in [0.4, 0.5) is 5.69 Å². The Labute approximate surface area is 110 Å². The molecule has 94 valence electrons. The lowest BCUT2D eigenvalue weighted by atomic mass is 10.1. The van der Waals surface area contributed by atoms with Crippen LogP contribution in [0.5, 0.6) is 0 Å². The number of hydrogen-bond acceptors (Lipinski definition) is 3. The zero-order valence-electron chi connectivity index (χ0n) is 10.3. The Hall–Kier alpha value is -1.65. The van der Waals surface area contributed by atoms with Crippen molar-refractivity contribution < 1.29 is 9.90 Å². The van der Waals surface area contributed by atoms with Crippen LogP contribution in [0.15, 0.2) is 35.7 Å². The monoisotopic (exact) mass is 261 g/mol. The zero-order valence-corrected chi connectivity index (χ0v) is 11.1. The SMILES string of the molecule is Cc1ccsc1C(=O)Nc1ccccc1C(C)O. The third kappa shape index (κ3) is 2.60. The van der Waals surface area contributed by atoms with Gasteiger partial charge in [0, 0.05) is 11.3 Å². The highest BCUT2D eigenvalue weighted by Crippen LogP contribution is 2.24. The van der Waals surface area contributed by atoms with E-state index in [2.05, 4.69) is 5.32 Å². The molecule has 1 atom stereocenters. The third-order valence-electron chi connectivity index (χ3n) is 2.73. The van der Waals surface area contributed by atoms with E-state index in [4.69, 9.17) is 0 Å². The van der Waals surface area contributed by atoms with E-state index in [1.807, 2.05) is 36.6 Å². The van der Waals surface area contributed by atoms with Gasteiger partial charge in [0.2, 0.25) is 0 Å². The molecule has 3 nitrogen and oxygen atoms in total. The molecule has 4 heteroatoms. The molecule has 0 saturated heterocycles. The highest BCUT2D eigenvalue weighted by Gasteiger charge is 2.13. The van der Waals surface area contributed by atoms with Gasteiger partial charge < -0.3 is 10.4 Å². The van der Waals surface area contributed by atoms with Crippen molar-refractivity contribution in [2.45, 2.75) is 20.0 Å². The maximum Gasteiger partial charge on any atom is 0.266 e. The van der Waals surface area contributed by atoms with Crippen molar-refractivity contribution in [2.75, 3.05) is 5.32 Å². The molecule has 2 aromatic rings. The van der Waals surface area contributed by atoms with E-state index in [1.54, 1.807) is 13.0 Å². The standard InChI is InChI=1S/C14H15NO2S/c1-9-7-8-18-13(9)14(17)15-12-6-4-3-5-11(12)10(2)16/h3-8,10,16H,1-2H3,(H,15,17). The summed E-state index contributed by atoms with van der Waals surface area (Å²) >= 11 is 1.42. The summed E-state index contributed by atoms with van der Waals surface area (Å²) in [7, 11) is 0. The molecule has 1 amide bonds. The van der Waals surface area contributed by atoms with Gasteiger partial charge in [0.1, 0.15) is 0 Å². The van der Waals surface area contributed by atoms with Crippen LogP contribution >= 0.6 is 11.3 Å². The summed E-state index contributed by atoms with van der Waals surface area (Å²) in [6.45, 7) is 3.59. The summed E-state index contributed by atoms with van der Waals surface area (Å²) in [5.74, 6) is -0.129. The van der Waals surface area contributed by atoms with E-state index in [9.17, 15) is 9.90 Å². The van der Waals surface area contributed by atoms with Crippen LogP contribution < -0.4 is 5.32 Å². The van der Waals surface area contributed by atoms with Crippen molar-refractivity contribution >= 4 is 22.9 Å². The molecular weight excluding hydrogens is 246 g/mol. The van der Waals surface area contributed by atoms with Crippen molar-refractivity contribution in [3.05, 3.63) is 51.7 Å². The smallest absolute Gasteiger partial charge is 0.266 e. The van der Waals surface area contributed by atoms with E-state index in [0.717, 1.165) is 11.1 Å². The molecule has 0 bridgehead atoms. The molecule has 2 rings (SSSR count). The Morgan fingerprint density at radius 1 is 1.33 bits per heavy atom. The minimum Gasteiger partial charge on any atom is -0.389 e. The van der Waals surface area contributed by atoms with Gasteiger partial charge in [-0.05, 0) is 36.9 Å². The number of nitrogens with one attached hydrogen (secondary N) is 1. The summed E-state index contributed by atoms with van der Waals surface area (Å²) in [5.41, 5.74) is 2.34. The van der Waals surface area contributed by atoms with Crippen LogP contribution in [0.25, 0.3) is 0 Å². The number of para-hydroxylation sites is 1. The van der Waals surface area contributed by atoms with E-state index < -0.39 is 6.10 Å². The summed E-state index contributed by atoms with van der Waals surface area (Å²) < 4.78 is 0. The van der Waals surface area contributed by atoms with Gasteiger partial charge >= 0.3 is 0 Å². The fourth-order valence-electron chi connectivity index (χ4n) is 1.76. The molecule has 2 N–H and O–H groups in total. The molecule has 18 heavy (non-hydrogen) atoms. The normalized spacial score (nSPS) is 12.2. The van der Waals surface area contributed by atoms with Crippen molar-refractivity contribution in [1.82, 2.24) is 0 Å². The molecule has 1 heterocycles. The molecule has 1 unspecified atom stereocenters. The Morgan fingerprint density at radius 2 is 2.06 bits per heavy atom. The van der Waals surface area contributed by atoms with Crippen LogP contribution in [0, 0.1) is 6.92 Å².